The largest absolute Gasteiger partial charge is 0.479 e. The third kappa shape index (κ3) is 2.69. The van der Waals surface area contributed by atoms with E-state index in [1.54, 1.807) is 49.6 Å². The number of carbonyl (C=O) groups is 2. The number of fused-ring (bicyclic) bond motifs is 1. The smallest absolute Gasteiger partial charge is 0.265 e. The van der Waals surface area contributed by atoms with Gasteiger partial charge in [0.15, 0.2) is 6.10 Å². The van der Waals surface area contributed by atoms with Gasteiger partial charge in [-0.1, -0.05) is 0 Å². The van der Waals surface area contributed by atoms with Gasteiger partial charge in [-0.15, -0.1) is 0 Å². The molecule has 0 saturated carbocycles. The summed E-state index contributed by atoms with van der Waals surface area (Å²) < 4.78 is 5.46. The molecule has 6 heteroatoms. The fourth-order valence-electron chi connectivity index (χ4n) is 1.99. The molecule has 0 aliphatic carbocycles. The first kappa shape index (κ1) is 13.1. The minimum Gasteiger partial charge on any atom is -0.479 e. The Kier molecular flexibility index (Phi) is 3.27. The third-order valence-electron chi connectivity index (χ3n) is 3.11. The molecule has 0 radical (unpaired) electrons. The Bertz CT molecular complexity index is 701. The van der Waals surface area contributed by atoms with Crippen LogP contribution >= 0.6 is 0 Å². The number of benzene rings is 1. The van der Waals surface area contributed by atoms with Crippen LogP contribution in [-0.4, -0.2) is 22.9 Å². The molecule has 1 unspecified atom stereocenters. The lowest BCUT2D eigenvalue weighted by Gasteiger charge is -2.23. The zero-order chi connectivity index (χ0) is 14.8. The zero-order valence-corrected chi connectivity index (χ0v) is 11.3. The standard InChI is InChI=1S/C15H13N3O3/c1-9-14(19)18-12-8-11(2-3-13(12)21-9)17-15(20)10-4-6-16-7-5-10/h2-9H,1H3,(H,17,20)(H,18,19). The van der Waals surface area contributed by atoms with Crippen LogP contribution in [0.15, 0.2) is 42.7 Å². The lowest BCUT2D eigenvalue weighted by molar-refractivity contribution is -0.122. The normalized spacial score (nSPS) is 16.4. The number of pyridine rings is 1. The number of hydrogen-bond donors (Lipinski definition) is 2. The van der Waals surface area contributed by atoms with Gasteiger partial charge in [0.05, 0.1) is 5.69 Å². The van der Waals surface area contributed by atoms with Crippen molar-refractivity contribution in [1.82, 2.24) is 4.98 Å². The predicted octanol–water partition coefficient (Wildman–Crippen LogP) is 2.05. The van der Waals surface area contributed by atoms with E-state index in [4.69, 9.17) is 4.74 Å². The van der Waals surface area contributed by atoms with E-state index in [-0.39, 0.29) is 11.8 Å². The van der Waals surface area contributed by atoms with Crippen molar-refractivity contribution in [3.8, 4) is 5.75 Å². The molecule has 0 bridgehead atoms. The molecule has 2 aromatic rings. The van der Waals surface area contributed by atoms with E-state index in [1.165, 1.54) is 0 Å². The fourth-order valence-corrected chi connectivity index (χ4v) is 1.99. The number of rotatable bonds is 2. The second-order valence-corrected chi connectivity index (χ2v) is 4.65. The van der Waals surface area contributed by atoms with Crippen molar-refractivity contribution in [3.05, 3.63) is 48.3 Å². The summed E-state index contributed by atoms with van der Waals surface area (Å²) in [7, 11) is 0. The van der Waals surface area contributed by atoms with E-state index in [2.05, 4.69) is 15.6 Å². The number of ether oxygens (including phenoxy) is 1. The van der Waals surface area contributed by atoms with Crippen LogP contribution in [0.1, 0.15) is 17.3 Å². The molecule has 0 spiro atoms. The highest BCUT2D eigenvalue weighted by Crippen LogP contribution is 2.32. The van der Waals surface area contributed by atoms with E-state index in [9.17, 15) is 9.59 Å². The Hall–Kier alpha value is -2.89. The van der Waals surface area contributed by atoms with E-state index in [0.717, 1.165) is 0 Å². The Labute approximate surface area is 121 Å². The summed E-state index contributed by atoms with van der Waals surface area (Å²) in [6.45, 7) is 1.68. The highest BCUT2D eigenvalue weighted by Gasteiger charge is 2.23. The third-order valence-corrected chi connectivity index (χ3v) is 3.11. The summed E-state index contributed by atoms with van der Waals surface area (Å²) in [5, 5.41) is 5.50. The van der Waals surface area contributed by atoms with Crippen molar-refractivity contribution in [3.63, 3.8) is 0 Å². The summed E-state index contributed by atoms with van der Waals surface area (Å²) in [6.07, 6.45) is 2.59. The number of amides is 2. The SMILES string of the molecule is CC1Oc2ccc(NC(=O)c3ccncc3)cc2NC1=O. The molecular formula is C15H13N3O3. The van der Waals surface area contributed by atoms with Crippen LogP contribution in [0.5, 0.6) is 5.75 Å². The van der Waals surface area contributed by atoms with Gasteiger partial charge < -0.3 is 15.4 Å². The Morgan fingerprint density at radius 1 is 1.29 bits per heavy atom. The van der Waals surface area contributed by atoms with Gasteiger partial charge >= 0.3 is 0 Å². The van der Waals surface area contributed by atoms with Crippen molar-refractivity contribution in [2.75, 3.05) is 10.6 Å². The van der Waals surface area contributed by atoms with E-state index < -0.39 is 6.10 Å². The lowest BCUT2D eigenvalue weighted by atomic mass is 10.2. The average Bonchev–Trinajstić information content (AvgIpc) is 2.49. The molecule has 1 aliphatic heterocycles. The highest BCUT2D eigenvalue weighted by atomic mass is 16.5. The Morgan fingerprint density at radius 3 is 2.81 bits per heavy atom. The molecular weight excluding hydrogens is 270 g/mol. The second kappa shape index (κ2) is 5.24. The summed E-state index contributed by atoms with van der Waals surface area (Å²) >= 11 is 0. The minimum absolute atomic E-state index is 0.208. The van der Waals surface area contributed by atoms with Crippen LogP contribution in [-0.2, 0) is 4.79 Å². The van der Waals surface area contributed by atoms with Crippen LogP contribution in [0.3, 0.4) is 0 Å². The topological polar surface area (TPSA) is 80.3 Å². The van der Waals surface area contributed by atoms with Crippen LogP contribution in [0.4, 0.5) is 11.4 Å². The summed E-state index contributed by atoms with van der Waals surface area (Å²) in [5.74, 6) is 0.137. The van der Waals surface area contributed by atoms with Crippen molar-refractivity contribution >= 4 is 23.2 Å². The first-order valence-corrected chi connectivity index (χ1v) is 6.46. The second-order valence-electron chi connectivity index (χ2n) is 4.65. The summed E-state index contributed by atoms with van der Waals surface area (Å²) in [6, 6.07) is 8.36. The van der Waals surface area contributed by atoms with Crippen LogP contribution < -0.4 is 15.4 Å². The van der Waals surface area contributed by atoms with Gasteiger partial charge in [0.2, 0.25) is 0 Å². The first-order valence-electron chi connectivity index (χ1n) is 6.46. The number of nitrogens with zero attached hydrogens (tertiary/aromatic N) is 1. The number of carbonyl (C=O) groups excluding carboxylic acids is 2. The van der Waals surface area contributed by atoms with Gasteiger partial charge in [-0.25, -0.2) is 0 Å². The van der Waals surface area contributed by atoms with Gasteiger partial charge in [-0.05, 0) is 37.3 Å². The molecule has 0 fully saturated rings. The predicted molar refractivity (Wildman–Crippen MR) is 77.4 cm³/mol. The molecule has 1 aromatic carbocycles. The van der Waals surface area contributed by atoms with E-state index in [0.29, 0.717) is 22.7 Å². The van der Waals surface area contributed by atoms with Gasteiger partial charge in [-0.3, -0.25) is 14.6 Å². The molecule has 2 N–H and O–H groups in total. The van der Waals surface area contributed by atoms with Gasteiger partial charge in [0.25, 0.3) is 11.8 Å². The Balaban J connectivity index is 1.80. The molecule has 0 saturated heterocycles. The molecule has 1 aliphatic rings. The molecule has 2 amide bonds. The number of aromatic nitrogens is 1. The average molecular weight is 283 g/mol. The Morgan fingerprint density at radius 2 is 2.05 bits per heavy atom. The van der Waals surface area contributed by atoms with Crippen molar-refractivity contribution in [2.24, 2.45) is 0 Å². The van der Waals surface area contributed by atoms with Crippen molar-refractivity contribution in [1.29, 1.82) is 0 Å². The molecule has 2 heterocycles. The van der Waals surface area contributed by atoms with E-state index >= 15 is 0 Å². The van der Waals surface area contributed by atoms with E-state index in [1.807, 2.05) is 0 Å². The maximum atomic E-state index is 12.0. The van der Waals surface area contributed by atoms with Crippen molar-refractivity contribution in [2.45, 2.75) is 13.0 Å². The maximum Gasteiger partial charge on any atom is 0.265 e. The van der Waals surface area contributed by atoms with Gasteiger partial charge in [-0.2, -0.15) is 0 Å². The fraction of sp³-hybridized carbons (Fsp3) is 0.133. The summed E-state index contributed by atoms with van der Waals surface area (Å²) in [4.78, 5) is 27.5. The molecule has 1 aromatic heterocycles. The van der Waals surface area contributed by atoms with Gasteiger partial charge in [0, 0.05) is 23.6 Å². The zero-order valence-electron chi connectivity index (χ0n) is 11.3. The number of hydrogen-bond acceptors (Lipinski definition) is 4. The highest BCUT2D eigenvalue weighted by molar-refractivity contribution is 6.05. The minimum atomic E-state index is -0.519. The maximum absolute atomic E-state index is 12.0. The summed E-state index contributed by atoms with van der Waals surface area (Å²) in [5.41, 5.74) is 1.64. The van der Waals surface area contributed by atoms with Crippen molar-refractivity contribution < 1.29 is 14.3 Å². The lowest BCUT2D eigenvalue weighted by Crippen LogP contribution is -2.34. The monoisotopic (exact) mass is 283 g/mol. The first-order chi connectivity index (χ1) is 10.1. The van der Waals surface area contributed by atoms with Crippen LogP contribution in [0.2, 0.25) is 0 Å². The molecule has 6 nitrogen and oxygen atoms in total. The molecule has 3 rings (SSSR count). The van der Waals surface area contributed by atoms with Crippen LogP contribution in [0, 0.1) is 0 Å². The molecule has 21 heavy (non-hydrogen) atoms. The molecule has 1 atom stereocenters. The number of anilines is 2. The van der Waals surface area contributed by atoms with Gasteiger partial charge in [0.1, 0.15) is 5.75 Å². The quantitative estimate of drug-likeness (QED) is 0.884. The van der Waals surface area contributed by atoms with Crippen LogP contribution in [0.25, 0.3) is 0 Å². The number of nitrogens with one attached hydrogen (secondary N) is 2. The molecule has 106 valence electrons.